The van der Waals surface area contributed by atoms with Crippen molar-refractivity contribution in [3.63, 3.8) is 0 Å². The van der Waals surface area contributed by atoms with Crippen molar-refractivity contribution in [1.29, 1.82) is 0 Å². The van der Waals surface area contributed by atoms with E-state index in [2.05, 4.69) is 0 Å². The molecule has 19 heavy (non-hydrogen) atoms. The quantitative estimate of drug-likeness (QED) is 0.315. The number of alkyl halides is 1. The van der Waals surface area contributed by atoms with E-state index in [9.17, 15) is 9.59 Å². The molecule has 1 N–H and O–H groups in total. The van der Waals surface area contributed by atoms with Crippen molar-refractivity contribution in [2.45, 2.75) is 25.7 Å². The van der Waals surface area contributed by atoms with Gasteiger partial charge in [0.25, 0.3) is 0 Å². The lowest BCUT2D eigenvalue weighted by Gasteiger charge is -2.06. The van der Waals surface area contributed by atoms with Crippen LogP contribution in [0.4, 0.5) is 0 Å². The molecule has 0 saturated carbocycles. The van der Waals surface area contributed by atoms with Gasteiger partial charge in [0.15, 0.2) is 0 Å². The van der Waals surface area contributed by atoms with Crippen LogP contribution in [0.2, 0.25) is 0 Å². The maximum atomic E-state index is 11.2. The number of aliphatic carboxylic acids is 1. The Balaban J connectivity index is 3.18. The van der Waals surface area contributed by atoms with Crippen LogP contribution in [-0.2, 0) is 23.8 Å². The van der Waals surface area contributed by atoms with Gasteiger partial charge in [-0.3, -0.25) is 9.59 Å². The normalized spacial score (nSPS) is 10.4. The summed E-state index contributed by atoms with van der Waals surface area (Å²) >= 11 is 5.41. The predicted molar refractivity (Wildman–Crippen MR) is 69.4 cm³/mol. The number of carboxylic acids is 1. The fourth-order valence-electron chi connectivity index (χ4n) is 1.21. The number of esters is 1. The highest BCUT2D eigenvalue weighted by Crippen LogP contribution is 2.01. The SMILES string of the molecule is O=C(O)CCCCC(=O)OCCOCCOCCCl. The van der Waals surface area contributed by atoms with E-state index in [0.29, 0.717) is 45.1 Å². The molecule has 0 aliphatic rings. The summed E-state index contributed by atoms with van der Waals surface area (Å²) in [5.41, 5.74) is 0. The van der Waals surface area contributed by atoms with Crippen LogP contribution < -0.4 is 0 Å². The second-order valence-corrected chi connectivity index (χ2v) is 4.11. The first-order chi connectivity index (χ1) is 9.16. The number of carbonyl (C=O) groups excluding carboxylic acids is 1. The Morgan fingerprint density at radius 1 is 0.895 bits per heavy atom. The minimum absolute atomic E-state index is 0.0820. The summed E-state index contributed by atoms with van der Waals surface area (Å²) in [5, 5.41) is 8.41. The van der Waals surface area contributed by atoms with E-state index >= 15 is 0 Å². The van der Waals surface area contributed by atoms with Crippen LogP contribution in [0.1, 0.15) is 25.7 Å². The van der Waals surface area contributed by atoms with Gasteiger partial charge in [0, 0.05) is 18.7 Å². The molecule has 0 aliphatic carbocycles. The molecule has 0 radical (unpaired) electrons. The van der Waals surface area contributed by atoms with Gasteiger partial charge in [0.05, 0.1) is 26.4 Å². The van der Waals surface area contributed by atoms with E-state index in [1.807, 2.05) is 0 Å². The van der Waals surface area contributed by atoms with Crippen molar-refractivity contribution in [2.75, 3.05) is 38.9 Å². The van der Waals surface area contributed by atoms with Gasteiger partial charge in [-0.2, -0.15) is 0 Å². The molecule has 0 atom stereocenters. The molecule has 7 heteroatoms. The summed E-state index contributed by atoms with van der Waals surface area (Å²) in [6.07, 6.45) is 1.34. The Bertz CT molecular complexity index is 246. The summed E-state index contributed by atoms with van der Waals surface area (Å²) in [5.74, 6) is -0.718. The van der Waals surface area contributed by atoms with Gasteiger partial charge in [-0.15, -0.1) is 11.6 Å². The Hall–Kier alpha value is -0.850. The standard InChI is InChI=1S/C12H21ClO6/c13-5-6-17-7-8-18-9-10-19-12(16)4-2-1-3-11(14)15/h1-10H2,(H,14,15). The summed E-state index contributed by atoms with van der Waals surface area (Å²) in [6, 6.07) is 0. The van der Waals surface area contributed by atoms with Crippen LogP contribution in [0.3, 0.4) is 0 Å². The van der Waals surface area contributed by atoms with Crippen LogP contribution in [0.5, 0.6) is 0 Å². The zero-order valence-corrected chi connectivity index (χ0v) is 11.7. The maximum absolute atomic E-state index is 11.2. The lowest BCUT2D eigenvalue weighted by Crippen LogP contribution is -2.13. The smallest absolute Gasteiger partial charge is 0.305 e. The van der Waals surface area contributed by atoms with Gasteiger partial charge in [0.2, 0.25) is 0 Å². The molecule has 112 valence electrons. The molecule has 0 aromatic heterocycles. The van der Waals surface area contributed by atoms with Crippen molar-refractivity contribution >= 4 is 23.5 Å². The average Bonchev–Trinajstić information content (AvgIpc) is 2.37. The van der Waals surface area contributed by atoms with Gasteiger partial charge in [-0.05, 0) is 12.8 Å². The molecule has 0 fully saturated rings. The molecule has 0 heterocycles. The van der Waals surface area contributed by atoms with Crippen LogP contribution in [0.25, 0.3) is 0 Å². The highest BCUT2D eigenvalue weighted by Gasteiger charge is 2.03. The van der Waals surface area contributed by atoms with Gasteiger partial charge in [-0.25, -0.2) is 0 Å². The van der Waals surface area contributed by atoms with Gasteiger partial charge in [0.1, 0.15) is 6.61 Å². The number of hydrogen-bond acceptors (Lipinski definition) is 5. The van der Waals surface area contributed by atoms with Crippen LogP contribution in [0.15, 0.2) is 0 Å². The molecule has 0 aromatic rings. The molecule has 0 spiro atoms. The zero-order valence-electron chi connectivity index (χ0n) is 10.9. The number of ether oxygens (including phenoxy) is 3. The minimum atomic E-state index is -0.849. The zero-order chi connectivity index (χ0) is 14.3. The minimum Gasteiger partial charge on any atom is -0.481 e. The number of halogens is 1. The molecular weight excluding hydrogens is 276 g/mol. The van der Waals surface area contributed by atoms with E-state index in [0.717, 1.165) is 0 Å². The Morgan fingerprint density at radius 3 is 2.11 bits per heavy atom. The van der Waals surface area contributed by atoms with Gasteiger partial charge in [-0.1, -0.05) is 0 Å². The molecular formula is C12H21ClO6. The maximum Gasteiger partial charge on any atom is 0.305 e. The lowest BCUT2D eigenvalue weighted by atomic mass is 10.2. The van der Waals surface area contributed by atoms with E-state index in [1.54, 1.807) is 0 Å². The van der Waals surface area contributed by atoms with Crippen molar-refractivity contribution in [3.8, 4) is 0 Å². The van der Waals surface area contributed by atoms with Gasteiger partial charge >= 0.3 is 11.9 Å². The van der Waals surface area contributed by atoms with Crippen LogP contribution in [-0.4, -0.2) is 56.0 Å². The molecule has 0 aromatic carbocycles. The third-order valence-corrected chi connectivity index (χ3v) is 2.26. The second-order valence-electron chi connectivity index (χ2n) is 3.74. The molecule has 0 unspecified atom stereocenters. The molecule has 6 nitrogen and oxygen atoms in total. The third-order valence-electron chi connectivity index (χ3n) is 2.11. The number of carboxylic acid groups (broad SMARTS) is 1. The summed E-state index contributed by atoms with van der Waals surface area (Å²) < 4.78 is 15.2. The molecule has 0 rings (SSSR count). The monoisotopic (exact) mass is 296 g/mol. The summed E-state index contributed by atoms with van der Waals surface area (Å²) in [7, 11) is 0. The summed E-state index contributed by atoms with van der Waals surface area (Å²) in [6.45, 7) is 1.93. The third kappa shape index (κ3) is 15.1. The number of carbonyl (C=O) groups is 2. The lowest BCUT2D eigenvalue weighted by molar-refractivity contribution is -0.146. The fourth-order valence-corrected chi connectivity index (χ4v) is 1.32. The summed E-state index contributed by atoms with van der Waals surface area (Å²) in [4.78, 5) is 21.4. The van der Waals surface area contributed by atoms with Crippen molar-refractivity contribution in [3.05, 3.63) is 0 Å². The largest absolute Gasteiger partial charge is 0.481 e. The fraction of sp³-hybridized carbons (Fsp3) is 0.833. The van der Waals surface area contributed by atoms with Crippen molar-refractivity contribution in [2.24, 2.45) is 0 Å². The van der Waals surface area contributed by atoms with Crippen molar-refractivity contribution < 1.29 is 28.9 Å². The van der Waals surface area contributed by atoms with E-state index in [1.165, 1.54) is 0 Å². The van der Waals surface area contributed by atoms with E-state index < -0.39 is 5.97 Å². The van der Waals surface area contributed by atoms with Crippen molar-refractivity contribution in [1.82, 2.24) is 0 Å². The van der Waals surface area contributed by atoms with Crippen LogP contribution in [0, 0.1) is 0 Å². The average molecular weight is 297 g/mol. The number of rotatable bonds is 13. The molecule has 0 saturated heterocycles. The highest BCUT2D eigenvalue weighted by molar-refractivity contribution is 6.17. The molecule has 0 aliphatic heterocycles. The molecule has 0 amide bonds. The number of unbranched alkanes of at least 4 members (excludes halogenated alkanes) is 1. The van der Waals surface area contributed by atoms with Gasteiger partial charge < -0.3 is 19.3 Å². The second kappa shape index (κ2) is 13.6. The van der Waals surface area contributed by atoms with E-state index in [4.69, 9.17) is 30.9 Å². The van der Waals surface area contributed by atoms with Crippen LogP contribution >= 0.6 is 11.6 Å². The Kier molecular flexibility index (Phi) is 13.0. The number of hydrogen-bond donors (Lipinski definition) is 1. The first-order valence-corrected chi connectivity index (χ1v) is 6.79. The predicted octanol–water partition coefficient (Wildman–Crippen LogP) is 1.45. The first kappa shape index (κ1) is 18.1. The molecule has 0 bridgehead atoms. The van der Waals surface area contributed by atoms with E-state index in [-0.39, 0.29) is 25.4 Å². The Morgan fingerprint density at radius 2 is 1.47 bits per heavy atom. The topological polar surface area (TPSA) is 82.1 Å². The Labute approximate surface area is 118 Å². The first-order valence-electron chi connectivity index (χ1n) is 6.25. The highest BCUT2D eigenvalue weighted by atomic mass is 35.5.